The molecular formula is C27H25ClFN5O2S. The zero-order valence-electron chi connectivity index (χ0n) is 20.0. The van der Waals surface area contributed by atoms with Gasteiger partial charge in [-0.2, -0.15) is 5.10 Å². The van der Waals surface area contributed by atoms with Gasteiger partial charge in [0.1, 0.15) is 5.82 Å². The molecule has 5 heterocycles. The second-order valence-electron chi connectivity index (χ2n) is 9.95. The number of hydrogen-bond donors (Lipinski definition) is 2. The first kappa shape index (κ1) is 24.1. The van der Waals surface area contributed by atoms with E-state index in [4.69, 9.17) is 10.3 Å². The van der Waals surface area contributed by atoms with E-state index in [1.54, 1.807) is 19.2 Å². The summed E-state index contributed by atoms with van der Waals surface area (Å²) in [5.41, 5.74) is 10.4. The van der Waals surface area contributed by atoms with Crippen molar-refractivity contribution in [2.45, 2.75) is 50.7 Å². The molecule has 2 unspecified atom stereocenters. The third-order valence-electron chi connectivity index (χ3n) is 7.68. The Morgan fingerprint density at radius 1 is 1.16 bits per heavy atom. The van der Waals surface area contributed by atoms with Gasteiger partial charge in [0.15, 0.2) is 5.58 Å². The van der Waals surface area contributed by atoms with Crippen LogP contribution in [0.15, 0.2) is 47.1 Å². The first-order chi connectivity index (χ1) is 17.5. The Kier molecular flexibility index (Phi) is 5.82. The number of aromatic amines is 1. The summed E-state index contributed by atoms with van der Waals surface area (Å²) in [4.78, 5) is 17.1. The van der Waals surface area contributed by atoms with Crippen LogP contribution < -0.4 is 5.73 Å². The molecule has 190 valence electrons. The lowest BCUT2D eigenvalue weighted by atomic mass is 9.97. The summed E-state index contributed by atoms with van der Waals surface area (Å²) in [5.74, 6) is -0.367. The number of nitrogens with zero attached hydrogens (tertiary/aromatic N) is 3. The molecule has 7 nitrogen and oxygen atoms in total. The van der Waals surface area contributed by atoms with Crippen LogP contribution in [0.3, 0.4) is 0 Å². The number of benzene rings is 2. The van der Waals surface area contributed by atoms with Crippen molar-refractivity contribution in [1.29, 1.82) is 0 Å². The lowest BCUT2D eigenvalue weighted by Crippen LogP contribution is -2.49. The van der Waals surface area contributed by atoms with Crippen molar-refractivity contribution in [3.8, 4) is 21.6 Å². The third kappa shape index (κ3) is 3.84. The molecule has 3 aromatic heterocycles. The van der Waals surface area contributed by atoms with Crippen LogP contribution in [0, 0.1) is 12.7 Å². The minimum absolute atomic E-state index is 0. The van der Waals surface area contributed by atoms with Crippen molar-refractivity contribution in [3.63, 3.8) is 0 Å². The van der Waals surface area contributed by atoms with Crippen LogP contribution in [0.4, 0.5) is 4.39 Å². The molecule has 2 aliphatic heterocycles. The van der Waals surface area contributed by atoms with E-state index in [0.29, 0.717) is 32.0 Å². The van der Waals surface area contributed by atoms with E-state index in [2.05, 4.69) is 15.4 Å². The van der Waals surface area contributed by atoms with Gasteiger partial charge in [0.25, 0.3) is 5.91 Å². The van der Waals surface area contributed by atoms with E-state index in [-0.39, 0.29) is 42.3 Å². The van der Waals surface area contributed by atoms with Crippen LogP contribution in [0.25, 0.3) is 43.4 Å². The van der Waals surface area contributed by atoms with E-state index in [1.165, 1.54) is 17.4 Å². The number of nitrogens with one attached hydrogen (secondary N) is 1. The lowest BCUT2D eigenvalue weighted by Gasteiger charge is -2.37. The molecule has 2 atom stereocenters. The van der Waals surface area contributed by atoms with Crippen LogP contribution >= 0.6 is 23.7 Å². The predicted octanol–water partition coefficient (Wildman–Crippen LogP) is 6.06. The van der Waals surface area contributed by atoms with Crippen LogP contribution in [0.5, 0.6) is 0 Å². The van der Waals surface area contributed by atoms with Gasteiger partial charge in [0.05, 0.1) is 22.3 Å². The molecule has 2 aliphatic rings. The highest BCUT2D eigenvalue weighted by Crippen LogP contribution is 2.44. The molecule has 2 saturated heterocycles. The standard InChI is InChI=1S/C27H24FN5O2S.ClH/c1-13-19-9-22(28)21(10-24(19)35-32-13)26-20(14-2-3-15-12-30-31-23(15)6-14)11-25(36-26)27(34)33-17-4-5-18(33)8-16(29)7-17;/h2-3,6,9-12,16-18H,4-5,7-8,29H2,1H3,(H,30,31);1H. The third-order valence-corrected chi connectivity index (χ3v) is 8.84. The Hall–Kier alpha value is -3.27. The van der Waals surface area contributed by atoms with Gasteiger partial charge < -0.3 is 15.2 Å². The second-order valence-corrected chi connectivity index (χ2v) is 11.0. The highest BCUT2D eigenvalue weighted by Gasteiger charge is 2.43. The Balaban J connectivity index is 0.00000252. The molecule has 2 fully saturated rings. The first-order valence-electron chi connectivity index (χ1n) is 12.2. The molecule has 2 aromatic carbocycles. The number of hydrogen-bond acceptors (Lipinski definition) is 6. The van der Waals surface area contributed by atoms with Gasteiger partial charge in [-0.25, -0.2) is 4.39 Å². The van der Waals surface area contributed by atoms with Crippen molar-refractivity contribution in [2.24, 2.45) is 5.73 Å². The molecule has 0 saturated carbocycles. The smallest absolute Gasteiger partial charge is 0.264 e. The zero-order valence-corrected chi connectivity index (χ0v) is 21.7. The highest BCUT2D eigenvalue weighted by molar-refractivity contribution is 7.18. The van der Waals surface area contributed by atoms with Crippen LogP contribution in [0.1, 0.15) is 41.0 Å². The van der Waals surface area contributed by atoms with Crippen molar-refractivity contribution in [3.05, 3.63) is 59.0 Å². The Bertz CT molecular complexity index is 1650. The maximum absolute atomic E-state index is 15.5. The summed E-state index contributed by atoms with van der Waals surface area (Å²) >= 11 is 1.33. The number of carbonyl (C=O) groups excluding carboxylic acids is 1. The van der Waals surface area contributed by atoms with Crippen LogP contribution in [-0.4, -0.2) is 44.3 Å². The number of carbonyl (C=O) groups is 1. The molecule has 10 heteroatoms. The SMILES string of the molecule is Cc1noc2cc(-c3sc(C(=O)N4C5CCC4CC(N)C5)cc3-c3ccc4cn[nH]c4c3)c(F)cc12.Cl. The number of fused-ring (bicyclic) bond motifs is 4. The minimum Gasteiger partial charge on any atom is -0.356 e. The molecule has 0 spiro atoms. The molecule has 5 aromatic rings. The van der Waals surface area contributed by atoms with Gasteiger partial charge >= 0.3 is 0 Å². The lowest BCUT2D eigenvalue weighted by molar-refractivity contribution is 0.0580. The zero-order chi connectivity index (χ0) is 24.6. The largest absolute Gasteiger partial charge is 0.356 e. The van der Waals surface area contributed by atoms with Gasteiger partial charge in [-0.3, -0.25) is 9.89 Å². The molecule has 0 radical (unpaired) electrons. The fraction of sp³-hybridized carbons (Fsp3) is 0.296. The van der Waals surface area contributed by atoms with Crippen molar-refractivity contribution >= 4 is 51.5 Å². The molecule has 7 rings (SSSR count). The summed E-state index contributed by atoms with van der Waals surface area (Å²) in [7, 11) is 0. The molecular weight excluding hydrogens is 513 g/mol. The average Bonchev–Trinajstić information content (AvgIpc) is 3.63. The van der Waals surface area contributed by atoms with Crippen molar-refractivity contribution < 1.29 is 13.7 Å². The second kappa shape index (κ2) is 8.93. The van der Waals surface area contributed by atoms with E-state index in [0.717, 1.165) is 47.7 Å². The molecule has 0 aliphatic carbocycles. The number of thiophene rings is 1. The van der Waals surface area contributed by atoms with Crippen molar-refractivity contribution in [1.82, 2.24) is 20.3 Å². The Morgan fingerprint density at radius 3 is 2.73 bits per heavy atom. The maximum Gasteiger partial charge on any atom is 0.264 e. The van der Waals surface area contributed by atoms with E-state index < -0.39 is 0 Å². The first-order valence-corrected chi connectivity index (χ1v) is 13.0. The predicted molar refractivity (Wildman–Crippen MR) is 145 cm³/mol. The van der Waals surface area contributed by atoms with Gasteiger partial charge in [-0.15, -0.1) is 23.7 Å². The number of aromatic nitrogens is 3. The van der Waals surface area contributed by atoms with Crippen molar-refractivity contribution in [2.75, 3.05) is 0 Å². The summed E-state index contributed by atoms with van der Waals surface area (Å²) in [5, 5.41) is 12.7. The fourth-order valence-electron chi connectivity index (χ4n) is 5.95. The summed E-state index contributed by atoms with van der Waals surface area (Å²) < 4.78 is 21.0. The summed E-state index contributed by atoms with van der Waals surface area (Å²) in [6.07, 6.45) is 5.41. The molecule has 1 amide bonds. The van der Waals surface area contributed by atoms with E-state index in [9.17, 15) is 4.79 Å². The summed E-state index contributed by atoms with van der Waals surface area (Å²) in [6.45, 7) is 1.79. The quantitative estimate of drug-likeness (QED) is 0.291. The van der Waals surface area contributed by atoms with Gasteiger partial charge in [0.2, 0.25) is 0 Å². The molecule has 3 N–H and O–H groups in total. The highest BCUT2D eigenvalue weighted by atomic mass is 35.5. The number of amides is 1. The number of piperidine rings is 1. The average molecular weight is 538 g/mol. The molecule has 37 heavy (non-hydrogen) atoms. The van der Waals surface area contributed by atoms with E-state index in [1.807, 2.05) is 29.2 Å². The monoisotopic (exact) mass is 537 g/mol. The number of nitrogens with two attached hydrogens (primary N) is 1. The maximum atomic E-state index is 15.5. The number of aryl methyl sites for hydroxylation is 1. The topological polar surface area (TPSA) is 101 Å². The van der Waals surface area contributed by atoms with E-state index >= 15 is 4.39 Å². The van der Waals surface area contributed by atoms with Gasteiger partial charge in [0, 0.05) is 44.9 Å². The number of rotatable bonds is 3. The molecule has 2 bridgehead atoms. The Morgan fingerprint density at radius 2 is 1.95 bits per heavy atom. The minimum atomic E-state index is -0.373. The van der Waals surface area contributed by atoms with Gasteiger partial charge in [-0.1, -0.05) is 17.3 Å². The summed E-state index contributed by atoms with van der Waals surface area (Å²) in [6, 6.07) is 11.5. The van der Waals surface area contributed by atoms with Gasteiger partial charge in [-0.05, 0) is 62.4 Å². The normalized spacial score (nSPS) is 21.1. The number of halogens is 2. The Labute approximate surface area is 222 Å². The fourth-order valence-corrected chi connectivity index (χ4v) is 7.09. The van der Waals surface area contributed by atoms with Crippen LogP contribution in [-0.2, 0) is 0 Å². The number of H-pyrrole nitrogens is 1. The van der Waals surface area contributed by atoms with Crippen LogP contribution in [0.2, 0.25) is 0 Å².